The van der Waals surface area contributed by atoms with Crippen molar-refractivity contribution in [2.75, 3.05) is 18.0 Å². The molecule has 194 valence electrons. The van der Waals surface area contributed by atoms with Gasteiger partial charge in [-0.15, -0.1) is 11.3 Å². The van der Waals surface area contributed by atoms with E-state index in [1.54, 1.807) is 24.3 Å². The molecule has 0 bridgehead atoms. The van der Waals surface area contributed by atoms with E-state index in [2.05, 4.69) is 9.88 Å². The molecule has 0 radical (unpaired) electrons. The normalized spacial score (nSPS) is 11.8. The molecule has 0 aliphatic rings. The van der Waals surface area contributed by atoms with Crippen molar-refractivity contribution in [3.05, 3.63) is 76.6 Å². The molecule has 0 spiro atoms. The van der Waals surface area contributed by atoms with Crippen molar-refractivity contribution in [1.29, 1.82) is 0 Å². The molecule has 2 heterocycles. The predicted molar refractivity (Wildman–Crippen MR) is 150 cm³/mol. The van der Waals surface area contributed by atoms with E-state index in [1.165, 1.54) is 24.3 Å². The summed E-state index contributed by atoms with van der Waals surface area (Å²) in [6.45, 7) is 5.56. The van der Waals surface area contributed by atoms with Crippen molar-refractivity contribution in [2.24, 2.45) is 0 Å². The Morgan fingerprint density at radius 1 is 1.05 bits per heavy atom. The minimum absolute atomic E-state index is 0.0186. The Morgan fingerprint density at radius 3 is 2.47 bits per heavy atom. The molecular formula is C27H21ClN2O6S2. The Kier molecular flexibility index (Phi) is 6.72. The maximum Gasteiger partial charge on any atom is 0.347 e. The number of aromatic nitrogens is 1. The SMILES string of the molecule is CCN(CC)c1ccc2c(-c3ccccc3C(=O)O)c(-c3nc4ccc(S(=O)(=O)Cl)cc4s3)c(=O)oc2c1. The molecule has 0 unspecified atom stereocenters. The number of anilines is 1. The Hall–Kier alpha value is -3.73. The number of thiazole rings is 1. The van der Waals surface area contributed by atoms with E-state index < -0.39 is 20.6 Å². The third kappa shape index (κ3) is 4.55. The monoisotopic (exact) mass is 568 g/mol. The van der Waals surface area contributed by atoms with Crippen LogP contribution in [0.3, 0.4) is 0 Å². The van der Waals surface area contributed by atoms with Gasteiger partial charge in [-0.2, -0.15) is 0 Å². The van der Waals surface area contributed by atoms with Gasteiger partial charge in [0.15, 0.2) is 0 Å². The smallest absolute Gasteiger partial charge is 0.347 e. The summed E-state index contributed by atoms with van der Waals surface area (Å²) in [7, 11) is 1.55. The summed E-state index contributed by atoms with van der Waals surface area (Å²) >= 11 is 1.09. The number of hydrogen-bond donors (Lipinski definition) is 1. The number of rotatable bonds is 7. The lowest BCUT2D eigenvalue weighted by Gasteiger charge is -2.21. The number of hydrogen-bond acceptors (Lipinski definition) is 8. The fourth-order valence-corrected chi connectivity index (χ4v) is 6.40. The number of fused-ring (bicyclic) bond motifs is 2. The molecule has 2 aromatic heterocycles. The average Bonchev–Trinajstić information content (AvgIpc) is 3.31. The van der Waals surface area contributed by atoms with Crippen LogP contribution >= 0.6 is 22.0 Å². The van der Waals surface area contributed by atoms with Crippen molar-refractivity contribution in [1.82, 2.24) is 4.98 Å². The minimum Gasteiger partial charge on any atom is -0.478 e. The molecule has 0 amide bonds. The van der Waals surface area contributed by atoms with Crippen LogP contribution in [0.2, 0.25) is 0 Å². The van der Waals surface area contributed by atoms with Crippen molar-refractivity contribution < 1.29 is 22.7 Å². The largest absolute Gasteiger partial charge is 0.478 e. The van der Waals surface area contributed by atoms with E-state index in [4.69, 9.17) is 15.1 Å². The molecule has 5 aromatic rings. The Morgan fingerprint density at radius 2 is 1.79 bits per heavy atom. The molecular weight excluding hydrogens is 548 g/mol. The second-order valence-corrected chi connectivity index (χ2v) is 12.0. The van der Waals surface area contributed by atoms with Crippen LogP contribution in [0.4, 0.5) is 5.69 Å². The first-order valence-electron chi connectivity index (χ1n) is 11.7. The zero-order valence-corrected chi connectivity index (χ0v) is 22.7. The van der Waals surface area contributed by atoms with Gasteiger partial charge in [-0.3, -0.25) is 0 Å². The van der Waals surface area contributed by atoms with Crippen LogP contribution in [0, 0.1) is 0 Å². The number of nitrogens with zero attached hydrogens (tertiary/aromatic N) is 2. The molecule has 5 rings (SSSR count). The van der Waals surface area contributed by atoms with Crippen LogP contribution in [-0.4, -0.2) is 37.6 Å². The summed E-state index contributed by atoms with van der Waals surface area (Å²) in [5, 5.41) is 10.8. The zero-order valence-electron chi connectivity index (χ0n) is 20.3. The van der Waals surface area contributed by atoms with Gasteiger partial charge < -0.3 is 14.4 Å². The number of carboxylic acids is 1. The van der Waals surface area contributed by atoms with Crippen molar-refractivity contribution in [2.45, 2.75) is 18.7 Å². The van der Waals surface area contributed by atoms with Gasteiger partial charge in [-0.25, -0.2) is 23.0 Å². The van der Waals surface area contributed by atoms with E-state index in [0.29, 0.717) is 32.3 Å². The highest BCUT2D eigenvalue weighted by molar-refractivity contribution is 8.13. The number of benzene rings is 3. The lowest BCUT2D eigenvalue weighted by atomic mass is 9.93. The van der Waals surface area contributed by atoms with E-state index in [-0.39, 0.29) is 21.0 Å². The van der Waals surface area contributed by atoms with E-state index >= 15 is 0 Å². The lowest BCUT2D eigenvalue weighted by molar-refractivity contribution is 0.0697. The Balaban J connectivity index is 1.86. The molecule has 0 fully saturated rings. The van der Waals surface area contributed by atoms with Crippen LogP contribution in [0.5, 0.6) is 0 Å². The van der Waals surface area contributed by atoms with E-state index in [9.17, 15) is 23.1 Å². The summed E-state index contributed by atoms with van der Waals surface area (Å²) in [4.78, 5) is 32.3. The Labute approximate surface area is 226 Å². The molecule has 0 aliphatic carbocycles. The van der Waals surface area contributed by atoms with E-state index in [0.717, 1.165) is 30.1 Å². The first kappa shape index (κ1) is 25.9. The zero-order chi connectivity index (χ0) is 27.2. The average molecular weight is 569 g/mol. The molecule has 1 N–H and O–H groups in total. The Bertz CT molecular complexity index is 1890. The molecule has 8 nitrogen and oxygen atoms in total. The summed E-state index contributed by atoms with van der Waals surface area (Å²) < 4.78 is 30.0. The van der Waals surface area contributed by atoms with Crippen molar-refractivity contribution >= 4 is 63.9 Å². The number of carboxylic acid groups (broad SMARTS) is 1. The van der Waals surface area contributed by atoms with E-state index in [1.807, 2.05) is 26.0 Å². The molecule has 0 aliphatic heterocycles. The fraction of sp³-hybridized carbons (Fsp3) is 0.148. The van der Waals surface area contributed by atoms with Gasteiger partial charge in [0, 0.05) is 46.5 Å². The van der Waals surface area contributed by atoms with Crippen LogP contribution in [-0.2, 0) is 9.05 Å². The van der Waals surface area contributed by atoms with Crippen LogP contribution in [0.15, 0.2) is 74.8 Å². The van der Waals surface area contributed by atoms with Crippen LogP contribution in [0.1, 0.15) is 24.2 Å². The molecule has 0 saturated heterocycles. The molecule has 0 atom stereocenters. The van der Waals surface area contributed by atoms with Gasteiger partial charge >= 0.3 is 11.6 Å². The van der Waals surface area contributed by atoms with Crippen molar-refractivity contribution in [3.63, 3.8) is 0 Å². The predicted octanol–water partition coefficient (Wildman–Crippen LogP) is 6.21. The first-order valence-corrected chi connectivity index (χ1v) is 14.8. The summed E-state index contributed by atoms with van der Waals surface area (Å²) in [6, 6.07) is 16.2. The van der Waals surface area contributed by atoms with Gasteiger partial charge in [-0.1, -0.05) is 18.2 Å². The number of halogens is 1. The van der Waals surface area contributed by atoms with Gasteiger partial charge in [0.25, 0.3) is 9.05 Å². The quantitative estimate of drug-likeness (QED) is 0.182. The third-order valence-corrected chi connectivity index (χ3v) is 8.69. The standard InChI is InChI=1S/C27H21ClN2O6S2/c1-3-30(4-2)15-9-11-19-21(13-15)36-27(33)24(23(19)17-7-5-6-8-18(17)26(31)32)25-29-20-12-10-16(38(28,34)35)14-22(20)37-25/h5-14H,3-4H2,1-2H3,(H,31,32). The number of carbonyl (C=O) groups is 1. The fourth-order valence-electron chi connectivity index (χ4n) is 4.50. The van der Waals surface area contributed by atoms with Gasteiger partial charge in [0.05, 0.1) is 20.7 Å². The van der Waals surface area contributed by atoms with Gasteiger partial charge in [-0.05, 0) is 55.8 Å². The summed E-state index contributed by atoms with van der Waals surface area (Å²) in [5.41, 5.74) is 1.79. The highest BCUT2D eigenvalue weighted by atomic mass is 35.7. The molecule has 11 heteroatoms. The second kappa shape index (κ2) is 9.86. The van der Waals surface area contributed by atoms with Gasteiger partial charge in [0.2, 0.25) is 0 Å². The minimum atomic E-state index is -3.97. The molecule has 3 aromatic carbocycles. The maximum atomic E-state index is 13.6. The highest BCUT2D eigenvalue weighted by Gasteiger charge is 2.25. The van der Waals surface area contributed by atoms with Crippen LogP contribution < -0.4 is 10.5 Å². The van der Waals surface area contributed by atoms with Gasteiger partial charge in [0.1, 0.15) is 16.2 Å². The third-order valence-electron chi connectivity index (χ3n) is 6.30. The summed E-state index contributed by atoms with van der Waals surface area (Å²) in [6.07, 6.45) is 0. The van der Waals surface area contributed by atoms with Crippen molar-refractivity contribution in [3.8, 4) is 21.7 Å². The molecule has 38 heavy (non-hydrogen) atoms. The first-order chi connectivity index (χ1) is 18.1. The summed E-state index contributed by atoms with van der Waals surface area (Å²) in [5.74, 6) is -1.14. The van der Waals surface area contributed by atoms with Crippen LogP contribution in [0.25, 0.3) is 42.9 Å². The number of aromatic carboxylic acids is 1. The topological polar surface area (TPSA) is 118 Å². The maximum absolute atomic E-state index is 13.6. The second-order valence-electron chi connectivity index (χ2n) is 8.43. The highest BCUT2D eigenvalue weighted by Crippen LogP contribution is 2.41. The molecule has 0 saturated carbocycles. The lowest BCUT2D eigenvalue weighted by Crippen LogP contribution is -2.21.